The van der Waals surface area contributed by atoms with Gasteiger partial charge in [0.15, 0.2) is 10.9 Å². The van der Waals surface area contributed by atoms with Crippen molar-refractivity contribution in [3.05, 3.63) is 70.9 Å². The molecule has 5 nitrogen and oxygen atoms in total. The molecular formula is C20H15ClF2N2O3S. The fourth-order valence-electron chi connectivity index (χ4n) is 2.45. The molecule has 0 radical (unpaired) electrons. The third-order valence-corrected chi connectivity index (χ3v) is 4.48. The zero-order valence-electron chi connectivity index (χ0n) is 15.0. The van der Waals surface area contributed by atoms with Crippen LogP contribution in [0.4, 0.5) is 14.5 Å². The van der Waals surface area contributed by atoms with Gasteiger partial charge in [0.05, 0.1) is 5.69 Å². The Kier molecular flexibility index (Phi) is 6.46. The summed E-state index contributed by atoms with van der Waals surface area (Å²) in [6, 6.07) is 14.5. The Bertz CT molecular complexity index is 1060. The number of halogens is 3. The first kappa shape index (κ1) is 20.8. The van der Waals surface area contributed by atoms with E-state index in [1.54, 1.807) is 18.2 Å². The van der Waals surface area contributed by atoms with Crippen LogP contribution in [0, 0.1) is 6.92 Å². The number of furan rings is 1. The predicted molar refractivity (Wildman–Crippen MR) is 111 cm³/mol. The standard InChI is InChI=1S/C20H15ClF2N2O3S/c1-11-6-7-12(10-13(11)21)15-8-9-17(27-15)18(26)25-20(29)24-14-4-2-3-5-16(14)28-19(22)23/h2-10,19H,1H3,(H2,24,25,26,29). The first-order valence-corrected chi connectivity index (χ1v) is 9.14. The second kappa shape index (κ2) is 9.02. The van der Waals surface area contributed by atoms with Crippen molar-refractivity contribution in [3.63, 3.8) is 0 Å². The third kappa shape index (κ3) is 5.30. The quantitative estimate of drug-likeness (QED) is 0.507. The lowest BCUT2D eigenvalue weighted by Gasteiger charge is -2.13. The van der Waals surface area contributed by atoms with E-state index in [1.807, 2.05) is 19.1 Å². The predicted octanol–water partition coefficient (Wildman–Crippen LogP) is 5.64. The molecule has 0 fully saturated rings. The Morgan fingerprint density at radius 2 is 1.93 bits per heavy atom. The Labute approximate surface area is 175 Å². The maximum Gasteiger partial charge on any atom is 0.387 e. The normalized spacial score (nSPS) is 10.7. The molecule has 9 heteroatoms. The average molecular weight is 437 g/mol. The number of carbonyl (C=O) groups excluding carboxylic acids is 1. The summed E-state index contributed by atoms with van der Waals surface area (Å²) in [7, 11) is 0. The second-order valence-electron chi connectivity index (χ2n) is 5.91. The molecule has 1 amide bonds. The number of anilines is 1. The maximum atomic E-state index is 12.5. The Hall–Kier alpha value is -2.97. The van der Waals surface area contributed by atoms with Crippen molar-refractivity contribution in [2.45, 2.75) is 13.5 Å². The van der Waals surface area contributed by atoms with Crippen molar-refractivity contribution < 1.29 is 22.7 Å². The molecule has 1 aromatic heterocycles. The molecular weight excluding hydrogens is 422 g/mol. The number of carbonyl (C=O) groups is 1. The number of rotatable bonds is 5. The number of benzene rings is 2. The van der Waals surface area contributed by atoms with Gasteiger partial charge in [-0.2, -0.15) is 8.78 Å². The lowest BCUT2D eigenvalue weighted by atomic mass is 10.1. The number of nitrogens with one attached hydrogen (secondary N) is 2. The molecule has 0 atom stereocenters. The fraction of sp³-hybridized carbons (Fsp3) is 0.100. The summed E-state index contributed by atoms with van der Waals surface area (Å²) in [5, 5.41) is 5.56. The van der Waals surface area contributed by atoms with Crippen LogP contribution in [-0.4, -0.2) is 17.6 Å². The molecule has 2 N–H and O–H groups in total. The molecule has 0 saturated heterocycles. The van der Waals surface area contributed by atoms with Crippen LogP contribution in [-0.2, 0) is 0 Å². The van der Waals surface area contributed by atoms with E-state index in [1.165, 1.54) is 24.3 Å². The number of amides is 1. The first-order chi connectivity index (χ1) is 13.8. The molecule has 0 spiro atoms. The Morgan fingerprint density at radius 3 is 2.66 bits per heavy atom. The van der Waals surface area contributed by atoms with Gasteiger partial charge in [-0.3, -0.25) is 10.1 Å². The number of hydrogen-bond acceptors (Lipinski definition) is 4. The number of aryl methyl sites for hydroxylation is 1. The Morgan fingerprint density at radius 1 is 1.17 bits per heavy atom. The molecule has 29 heavy (non-hydrogen) atoms. The summed E-state index contributed by atoms with van der Waals surface area (Å²) >= 11 is 11.2. The molecule has 3 rings (SSSR count). The van der Waals surface area contributed by atoms with E-state index in [0.29, 0.717) is 10.8 Å². The second-order valence-corrected chi connectivity index (χ2v) is 6.73. The van der Waals surface area contributed by atoms with Crippen molar-refractivity contribution in [3.8, 4) is 17.1 Å². The van der Waals surface area contributed by atoms with Crippen LogP contribution in [0.3, 0.4) is 0 Å². The molecule has 0 bridgehead atoms. The highest BCUT2D eigenvalue weighted by Gasteiger charge is 2.16. The van der Waals surface area contributed by atoms with Crippen molar-refractivity contribution in [2.75, 3.05) is 5.32 Å². The van der Waals surface area contributed by atoms with Gasteiger partial charge in [-0.05, 0) is 55.0 Å². The van der Waals surface area contributed by atoms with Crippen LogP contribution in [0.15, 0.2) is 59.0 Å². The van der Waals surface area contributed by atoms with Gasteiger partial charge in [0.25, 0.3) is 5.91 Å². The van der Waals surface area contributed by atoms with Crippen molar-refractivity contribution in [1.29, 1.82) is 0 Å². The smallest absolute Gasteiger partial charge is 0.387 e. The molecule has 0 unspecified atom stereocenters. The SMILES string of the molecule is Cc1ccc(-c2ccc(C(=O)NC(=S)Nc3ccccc3OC(F)F)o2)cc1Cl. The van der Waals surface area contributed by atoms with Crippen LogP contribution in [0.2, 0.25) is 5.02 Å². The van der Waals surface area contributed by atoms with E-state index in [0.717, 1.165) is 11.1 Å². The molecule has 0 aliphatic heterocycles. The minimum absolute atomic E-state index is 0.0259. The topological polar surface area (TPSA) is 63.5 Å². The van der Waals surface area contributed by atoms with Gasteiger partial charge in [-0.15, -0.1) is 0 Å². The zero-order chi connectivity index (χ0) is 21.0. The van der Waals surface area contributed by atoms with Gasteiger partial charge in [-0.25, -0.2) is 0 Å². The number of ether oxygens (including phenoxy) is 1. The zero-order valence-corrected chi connectivity index (χ0v) is 16.6. The summed E-state index contributed by atoms with van der Waals surface area (Å²) in [5.74, 6) is -0.209. The molecule has 150 valence electrons. The van der Waals surface area contributed by atoms with Crippen molar-refractivity contribution >= 4 is 40.5 Å². The average Bonchev–Trinajstić information content (AvgIpc) is 3.15. The molecule has 2 aromatic carbocycles. The molecule has 3 aromatic rings. The van der Waals surface area contributed by atoms with E-state index < -0.39 is 12.5 Å². The van der Waals surface area contributed by atoms with Gasteiger partial charge >= 0.3 is 6.61 Å². The van der Waals surface area contributed by atoms with Crippen molar-refractivity contribution in [1.82, 2.24) is 5.32 Å². The highest BCUT2D eigenvalue weighted by Crippen LogP contribution is 2.27. The van der Waals surface area contributed by atoms with E-state index in [4.69, 9.17) is 28.2 Å². The molecule has 0 saturated carbocycles. The number of alkyl halides is 2. The molecule has 0 aliphatic rings. The summed E-state index contributed by atoms with van der Waals surface area (Å²) in [6.07, 6.45) is 0. The summed E-state index contributed by atoms with van der Waals surface area (Å²) in [4.78, 5) is 12.4. The molecule has 1 heterocycles. The minimum atomic E-state index is -2.99. The summed E-state index contributed by atoms with van der Waals surface area (Å²) in [6.45, 7) is -1.11. The lowest BCUT2D eigenvalue weighted by molar-refractivity contribution is -0.0493. The lowest BCUT2D eigenvalue weighted by Crippen LogP contribution is -2.34. The van der Waals surface area contributed by atoms with Crippen LogP contribution in [0.25, 0.3) is 11.3 Å². The third-order valence-electron chi connectivity index (χ3n) is 3.86. The highest BCUT2D eigenvalue weighted by molar-refractivity contribution is 7.80. The van der Waals surface area contributed by atoms with E-state index >= 15 is 0 Å². The monoisotopic (exact) mass is 436 g/mol. The summed E-state index contributed by atoms with van der Waals surface area (Å²) in [5.41, 5.74) is 1.83. The van der Waals surface area contributed by atoms with E-state index in [9.17, 15) is 13.6 Å². The van der Waals surface area contributed by atoms with Crippen LogP contribution >= 0.6 is 23.8 Å². The van der Waals surface area contributed by atoms with Gasteiger partial charge in [0.1, 0.15) is 11.5 Å². The van der Waals surface area contributed by atoms with Gasteiger partial charge < -0.3 is 14.5 Å². The largest absolute Gasteiger partial charge is 0.451 e. The molecule has 0 aliphatic carbocycles. The van der Waals surface area contributed by atoms with Crippen LogP contribution in [0.5, 0.6) is 5.75 Å². The fourth-order valence-corrected chi connectivity index (χ4v) is 2.83. The van der Waals surface area contributed by atoms with Crippen LogP contribution < -0.4 is 15.4 Å². The first-order valence-electron chi connectivity index (χ1n) is 8.36. The van der Waals surface area contributed by atoms with E-state index in [2.05, 4.69) is 15.4 Å². The van der Waals surface area contributed by atoms with E-state index in [-0.39, 0.29) is 22.3 Å². The van der Waals surface area contributed by atoms with Gasteiger partial charge in [0, 0.05) is 10.6 Å². The maximum absolute atomic E-state index is 12.5. The highest BCUT2D eigenvalue weighted by atomic mass is 35.5. The number of para-hydroxylation sites is 2. The van der Waals surface area contributed by atoms with Gasteiger partial charge in [-0.1, -0.05) is 35.9 Å². The van der Waals surface area contributed by atoms with Crippen LogP contribution in [0.1, 0.15) is 16.1 Å². The number of hydrogen-bond donors (Lipinski definition) is 2. The van der Waals surface area contributed by atoms with Gasteiger partial charge in [0.2, 0.25) is 0 Å². The number of thiocarbonyl (C=S) groups is 1. The van der Waals surface area contributed by atoms with Crippen molar-refractivity contribution in [2.24, 2.45) is 0 Å². The minimum Gasteiger partial charge on any atom is -0.451 e. The Balaban J connectivity index is 1.67. The summed E-state index contributed by atoms with van der Waals surface area (Å²) < 4.78 is 35.0.